The number of hydrogen-bond donors (Lipinski definition) is 1. The molecule has 12 heteroatoms. The summed E-state index contributed by atoms with van der Waals surface area (Å²) in [6.07, 6.45) is 0. The van der Waals surface area contributed by atoms with Crippen LogP contribution in [-0.4, -0.2) is 47.0 Å². The Labute approximate surface area is 175 Å². The normalized spacial score (nSPS) is 12.0. The highest BCUT2D eigenvalue weighted by Crippen LogP contribution is 2.29. The molecule has 0 radical (unpaired) electrons. The molecular formula is C18H21N7O4S. The van der Waals surface area contributed by atoms with Crippen molar-refractivity contribution < 1.29 is 9.53 Å². The molecule has 0 aliphatic rings. The SMILES string of the molecule is CCOc1ccccc1-n1nnnc1SC(C)C(=O)c1c(N)n(C)c(=O)n(C)c1=O. The van der Waals surface area contributed by atoms with Crippen LogP contribution in [0.25, 0.3) is 5.69 Å². The number of ketones is 1. The van der Waals surface area contributed by atoms with Gasteiger partial charge in [0.25, 0.3) is 5.56 Å². The minimum Gasteiger partial charge on any atom is -0.492 e. The highest BCUT2D eigenvalue weighted by molar-refractivity contribution is 8.00. The number of benzene rings is 1. The molecule has 2 heterocycles. The Balaban J connectivity index is 1.96. The van der Waals surface area contributed by atoms with Gasteiger partial charge in [-0.25, -0.2) is 4.79 Å². The van der Waals surface area contributed by atoms with E-state index < -0.39 is 22.3 Å². The highest BCUT2D eigenvalue weighted by atomic mass is 32.2. The molecular weight excluding hydrogens is 410 g/mol. The van der Waals surface area contributed by atoms with E-state index in [0.717, 1.165) is 20.9 Å². The van der Waals surface area contributed by atoms with Gasteiger partial charge in [0.1, 0.15) is 22.8 Å². The molecule has 0 bridgehead atoms. The molecule has 3 rings (SSSR count). The number of rotatable bonds is 7. The molecule has 1 aromatic carbocycles. The van der Waals surface area contributed by atoms with Crippen molar-refractivity contribution in [3.8, 4) is 11.4 Å². The van der Waals surface area contributed by atoms with Gasteiger partial charge in [-0.3, -0.25) is 18.7 Å². The number of anilines is 1. The molecule has 0 aliphatic carbocycles. The van der Waals surface area contributed by atoms with Crippen LogP contribution in [-0.2, 0) is 14.1 Å². The minimum atomic E-state index is -0.749. The zero-order valence-corrected chi connectivity index (χ0v) is 17.7. The van der Waals surface area contributed by atoms with Crippen molar-refractivity contribution in [1.29, 1.82) is 0 Å². The van der Waals surface area contributed by atoms with Gasteiger partial charge in [0.05, 0.1) is 11.9 Å². The summed E-state index contributed by atoms with van der Waals surface area (Å²) in [7, 11) is 2.70. The summed E-state index contributed by atoms with van der Waals surface area (Å²) in [6, 6.07) is 7.23. The van der Waals surface area contributed by atoms with E-state index in [-0.39, 0.29) is 11.4 Å². The second kappa shape index (κ2) is 8.53. The number of carbonyl (C=O) groups is 1. The van der Waals surface area contributed by atoms with Gasteiger partial charge in [0.2, 0.25) is 5.16 Å². The average molecular weight is 431 g/mol. The number of nitrogens with zero attached hydrogens (tertiary/aromatic N) is 6. The zero-order valence-electron chi connectivity index (χ0n) is 16.9. The van der Waals surface area contributed by atoms with E-state index in [1.165, 1.54) is 18.8 Å². The van der Waals surface area contributed by atoms with Gasteiger partial charge in [-0.2, -0.15) is 4.68 Å². The Hall–Kier alpha value is -3.41. The second-order valence-electron chi connectivity index (χ2n) is 6.36. The number of tetrazole rings is 1. The fourth-order valence-electron chi connectivity index (χ4n) is 2.82. The molecule has 1 atom stereocenters. The molecule has 0 aliphatic heterocycles. The molecule has 0 spiro atoms. The molecule has 11 nitrogen and oxygen atoms in total. The predicted molar refractivity (Wildman–Crippen MR) is 111 cm³/mol. The van der Waals surface area contributed by atoms with Crippen molar-refractivity contribution in [2.75, 3.05) is 12.3 Å². The standard InChI is InChI=1S/C18H21N7O4S/c1-5-29-12-9-7-6-8-11(12)25-17(20-21-22-25)30-10(2)14(26)13-15(19)23(3)18(28)24(4)16(13)27/h6-10H,5,19H2,1-4H3. The van der Waals surface area contributed by atoms with Crippen LogP contribution in [0, 0.1) is 0 Å². The summed E-state index contributed by atoms with van der Waals surface area (Å²) >= 11 is 1.07. The van der Waals surface area contributed by atoms with Gasteiger partial charge in [0.15, 0.2) is 5.78 Å². The lowest BCUT2D eigenvalue weighted by Gasteiger charge is -2.15. The summed E-state index contributed by atoms with van der Waals surface area (Å²) in [4.78, 5) is 37.5. The molecule has 3 aromatic rings. The molecule has 0 saturated carbocycles. The fraction of sp³-hybridized carbons (Fsp3) is 0.333. The molecule has 0 amide bonds. The first kappa shape index (κ1) is 21.3. The van der Waals surface area contributed by atoms with Gasteiger partial charge < -0.3 is 10.5 Å². The lowest BCUT2D eigenvalue weighted by atomic mass is 10.1. The Morgan fingerprint density at radius 2 is 1.93 bits per heavy atom. The maximum absolute atomic E-state index is 13.0. The van der Waals surface area contributed by atoms with E-state index in [0.29, 0.717) is 23.2 Å². The number of nitrogens with two attached hydrogens (primary N) is 1. The molecule has 0 fully saturated rings. The van der Waals surface area contributed by atoms with Gasteiger partial charge >= 0.3 is 5.69 Å². The number of nitrogen functional groups attached to an aromatic ring is 1. The van der Waals surface area contributed by atoms with Crippen LogP contribution < -0.4 is 21.7 Å². The van der Waals surface area contributed by atoms with Crippen molar-refractivity contribution in [1.82, 2.24) is 29.3 Å². The smallest absolute Gasteiger partial charge is 0.332 e. The van der Waals surface area contributed by atoms with Crippen LogP contribution >= 0.6 is 11.8 Å². The average Bonchev–Trinajstić information content (AvgIpc) is 3.19. The van der Waals surface area contributed by atoms with Crippen molar-refractivity contribution >= 4 is 23.4 Å². The zero-order chi connectivity index (χ0) is 22.0. The number of hydrogen-bond acceptors (Lipinski definition) is 9. The summed E-state index contributed by atoms with van der Waals surface area (Å²) in [6.45, 7) is 3.95. The quantitative estimate of drug-likeness (QED) is 0.416. The van der Waals surface area contributed by atoms with Crippen LogP contribution in [0.5, 0.6) is 5.75 Å². The molecule has 158 valence electrons. The van der Waals surface area contributed by atoms with Crippen LogP contribution in [0.15, 0.2) is 39.0 Å². The van der Waals surface area contributed by atoms with E-state index in [9.17, 15) is 14.4 Å². The largest absolute Gasteiger partial charge is 0.492 e. The maximum atomic E-state index is 13.0. The van der Waals surface area contributed by atoms with E-state index >= 15 is 0 Å². The Morgan fingerprint density at radius 1 is 1.23 bits per heavy atom. The number of Topliss-reactive ketones (excluding diaryl/α,β-unsaturated/α-hetero) is 1. The Morgan fingerprint density at radius 3 is 2.63 bits per heavy atom. The molecule has 2 N–H and O–H groups in total. The summed E-state index contributed by atoms with van der Waals surface area (Å²) in [5.74, 6) is -0.118. The van der Waals surface area contributed by atoms with E-state index in [1.807, 2.05) is 19.1 Å². The third-order valence-electron chi connectivity index (χ3n) is 4.44. The fourth-order valence-corrected chi connectivity index (χ4v) is 3.68. The Kier molecular flexibility index (Phi) is 6.06. The summed E-state index contributed by atoms with van der Waals surface area (Å²) in [5.41, 5.74) is 4.92. The monoisotopic (exact) mass is 431 g/mol. The number of thioether (sulfide) groups is 1. The third kappa shape index (κ3) is 3.73. The van der Waals surface area contributed by atoms with Crippen molar-refractivity contribution in [2.45, 2.75) is 24.3 Å². The van der Waals surface area contributed by atoms with Gasteiger partial charge in [-0.05, 0) is 36.4 Å². The summed E-state index contributed by atoms with van der Waals surface area (Å²) in [5, 5.41) is 11.3. The second-order valence-corrected chi connectivity index (χ2v) is 7.67. The van der Waals surface area contributed by atoms with Gasteiger partial charge in [-0.15, -0.1) is 5.10 Å². The number of ether oxygens (including phenoxy) is 1. The van der Waals surface area contributed by atoms with E-state index in [1.54, 1.807) is 19.1 Å². The van der Waals surface area contributed by atoms with Gasteiger partial charge in [-0.1, -0.05) is 23.9 Å². The first-order valence-corrected chi connectivity index (χ1v) is 9.92. The lowest BCUT2D eigenvalue weighted by Crippen LogP contribution is -2.42. The van der Waals surface area contributed by atoms with Crippen LogP contribution in [0.4, 0.5) is 5.82 Å². The molecule has 1 unspecified atom stereocenters. The van der Waals surface area contributed by atoms with E-state index in [4.69, 9.17) is 10.5 Å². The van der Waals surface area contributed by atoms with Crippen molar-refractivity contribution in [2.24, 2.45) is 14.1 Å². The van der Waals surface area contributed by atoms with Crippen LogP contribution in [0.1, 0.15) is 24.2 Å². The molecule has 30 heavy (non-hydrogen) atoms. The van der Waals surface area contributed by atoms with Crippen molar-refractivity contribution in [3.05, 3.63) is 50.7 Å². The van der Waals surface area contributed by atoms with Crippen LogP contribution in [0.3, 0.4) is 0 Å². The summed E-state index contributed by atoms with van der Waals surface area (Å²) < 4.78 is 9.00. The lowest BCUT2D eigenvalue weighted by molar-refractivity contribution is 0.0992. The maximum Gasteiger partial charge on any atom is 0.332 e. The minimum absolute atomic E-state index is 0.179. The Bertz CT molecular complexity index is 1210. The number of carbonyl (C=O) groups excluding carboxylic acids is 1. The number of aromatic nitrogens is 6. The predicted octanol–water partition coefficient (Wildman–Crippen LogP) is 0.404. The first-order chi connectivity index (χ1) is 14.3. The van der Waals surface area contributed by atoms with Crippen LogP contribution in [0.2, 0.25) is 0 Å². The third-order valence-corrected chi connectivity index (χ3v) is 5.47. The molecule has 2 aromatic heterocycles. The molecule has 0 saturated heterocycles. The van der Waals surface area contributed by atoms with Crippen molar-refractivity contribution in [3.63, 3.8) is 0 Å². The van der Waals surface area contributed by atoms with E-state index in [2.05, 4.69) is 15.5 Å². The first-order valence-electron chi connectivity index (χ1n) is 9.04. The number of para-hydroxylation sites is 2. The highest BCUT2D eigenvalue weighted by Gasteiger charge is 2.27. The van der Waals surface area contributed by atoms with Gasteiger partial charge in [0, 0.05) is 14.1 Å². The topological polar surface area (TPSA) is 140 Å².